The molecule has 102 valence electrons. The van der Waals surface area contributed by atoms with Gasteiger partial charge in [-0.2, -0.15) is 0 Å². The van der Waals surface area contributed by atoms with Crippen LogP contribution in [0.3, 0.4) is 0 Å². The highest BCUT2D eigenvalue weighted by Crippen LogP contribution is 2.39. The lowest BCUT2D eigenvalue weighted by Crippen LogP contribution is -2.20. The molecule has 2 N–H and O–H groups in total. The molecule has 0 unspecified atom stereocenters. The molecule has 1 aromatic carbocycles. The number of halogens is 4. The van der Waals surface area contributed by atoms with Crippen molar-refractivity contribution < 1.29 is 17.9 Å². The van der Waals surface area contributed by atoms with Crippen LogP contribution in [0.1, 0.15) is 30.9 Å². The van der Waals surface area contributed by atoms with Crippen LogP contribution in [-0.2, 0) is 0 Å². The van der Waals surface area contributed by atoms with Crippen molar-refractivity contribution in [2.45, 2.75) is 31.7 Å². The summed E-state index contributed by atoms with van der Waals surface area (Å²) >= 11 is 0. The first-order chi connectivity index (χ1) is 7.96. The van der Waals surface area contributed by atoms with Crippen LogP contribution in [0.25, 0.3) is 0 Å². The van der Waals surface area contributed by atoms with Crippen molar-refractivity contribution in [1.29, 1.82) is 0 Å². The smallest absolute Gasteiger partial charge is 0.405 e. The Labute approximate surface area is 110 Å². The lowest BCUT2D eigenvalue weighted by Gasteiger charge is -2.17. The van der Waals surface area contributed by atoms with Gasteiger partial charge in [-0.15, -0.1) is 25.6 Å². The first kappa shape index (κ1) is 15.1. The lowest BCUT2D eigenvalue weighted by atomic mass is 10.0. The molecule has 0 heterocycles. The molecule has 0 aliphatic heterocycles. The summed E-state index contributed by atoms with van der Waals surface area (Å²) in [5.41, 5.74) is 6.34. The summed E-state index contributed by atoms with van der Waals surface area (Å²) in [6.45, 7) is 0. The Bertz CT molecular complexity index is 393. The van der Waals surface area contributed by atoms with Crippen LogP contribution in [-0.4, -0.2) is 6.36 Å². The topological polar surface area (TPSA) is 35.2 Å². The van der Waals surface area contributed by atoms with Gasteiger partial charge in [0.25, 0.3) is 0 Å². The number of nitrogens with two attached hydrogens (primary N) is 1. The van der Waals surface area contributed by atoms with E-state index >= 15 is 0 Å². The summed E-state index contributed by atoms with van der Waals surface area (Å²) < 4.78 is 40.6. The molecule has 0 radical (unpaired) electrons. The third kappa shape index (κ3) is 4.38. The first-order valence-corrected chi connectivity index (χ1v) is 5.56. The molecule has 0 spiro atoms. The van der Waals surface area contributed by atoms with Gasteiger partial charge in [0.05, 0.1) is 0 Å². The van der Waals surface area contributed by atoms with Gasteiger partial charge in [-0.05, 0) is 18.4 Å². The third-order valence-corrected chi connectivity index (χ3v) is 2.83. The Balaban J connectivity index is 0.00000162. The number of alkyl halides is 3. The van der Waals surface area contributed by atoms with E-state index in [0.717, 1.165) is 19.3 Å². The number of ether oxygens (including phenoxy) is 1. The van der Waals surface area contributed by atoms with Gasteiger partial charge in [0.15, 0.2) is 0 Å². The molecule has 18 heavy (non-hydrogen) atoms. The molecule has 1 aliphatic rings. The first-order valence-electron chi connectivity index (χ1n) is 5.56. The molecule has 0 bridgehead atoms. The van der Waals surface area contributed by atoms with E-state index < -0.39 is 6.36 Å². The summed E-state index contributed by atoms with van der Waals surface area (Å²) in [4.78, 5) is 0. The predicted octanol–water partition coefficient (Wildman–Crippen LogP) is 3.81. The molecule has 1 atom stereocenters. The Morgan fingerprint density at radius 3 is 2.44 bits per heavy atom. The largest absolute Gasteiger partial charge is 0.573 e. The van der Waals surface area contributed by atoms with E-state index in [1.165, 1.54) is 12.1 Å². The molecule has 2 nitrogen and oxygen atoms in total. The maximum Gasteiger partial charge on any atom is 0.573 e. The van der Waals surface area contributed by atoms with E-state index in [0.29, 0.717) is 11.5 Å². The molecule has 1 aromatic rings. The average Bonchev–Trinajstić information content (AvgIpc) is 3.00. The van der Waals surface area contributed by atoms with E-state index in [-0.39, 0.29) is 24.2 Å². The second-order valence-electron chi connectivity index (χ2n) is 4.37. The highest BCUT2D eigenvalue weighted by Gasteiger charge is 2.33. The van der Waals surface area contributed by atoms with Crippen LogP contribution in [0.15, 0.2) is 24.3 Å². The monoisotopic (exact) mass is 281 g/mol. The highest BCUT2D eigenvalue weighted by atomic mass is 35.5. The predicted molar refractivity (Wildman–Crippen MR) is 64.6 cm³/mol. The molecular weight excluding hydrogens is 267 g/mol. The molecule has 0 saturated heterocycles. The van der Waals surface area contributed by atoms with E-state index in [9.17, 15) is 13.2 Å². The number of rotatable bonds is 4. The number of benzene rings is 1. The maximum absolute atomic E-state index is 12.2. The normalized spacial score (nSPS) is 16.9. The van der Waals surface area contributed by atoms with Crippen LogP contribution in [0.2, 0.25) is 0 Å². The van der Waals surface area contributed by atoms with E-state index in [1.807, 2.05) is 0 Å². The molecule has 1 fully saturated rings. The third-order valence-electron chi connectivity index (χ3n) is 2.83. The van der Waals surface area contributed by atoms with Gasteiger partial charge in [-0.3, -0.25) is 0 Å². The standard InChI is InChI=1S/C12H14F3NO.ClH/c13-12(14,15)17-11-4-2-1-3-9(11)10(16)7-8-5-6-8;/h1-4,8,10H,5-7,16H2;1H/t10-;/m1./s1. The van der Waals surface area contributed by atoms with Crippen LogP contribution in [0, 0.1) is 5.92 Å². The average molecular weight is 282 g/mol. The van der Waals surface area contributed by atoms with Gasteiger partial charge >= 0.3 is 6.36 Å². The van der Waals surface area contributed by atoms with Crippen molar-refractivity contribution >= 4 is 12.4 Å². The molecule has 0 aromatic heterocycles. The Kier molecular flexibility index (Phi) is 4.87. The molecular formula is C12H15ClF3NO. The zero-order valence-corrected chi connectivity index (χ0v) is 10.4. The highest BCUT2D eigenvalue weighted by molar-refractivity contribution is 5.85. The van der Waals surface area contributed by atoms with Gasteiger partial charge in [0.2, 0.25) is 0 Å². The molecule has 6 heteroatoms. The van der Waals surface area contributed by atoms with Gasteiger partial charge in [0.1, 0.15) is 5.75 Å². The van der Waals surface area contributed by atoms with Gasteiger partial charge < -0.3 is 10.5 Å². The number of hydrogen-bond acceptors (Lipinski definition) is 2. The SMILES string of the molecule is Cl.N[C@H](CC1CC1)c1ccccc1OC(F)(F)F. The summed E-state index contributed by atoms with van der Waals surface area (Å²) in [6, 6.07) is 5.68. The fourth-order valence-corrected chi connectivity index (χ4v) is 1.84. The molecule has 0 amide bonds. The number of para-hydroxylation sites is 1. The summed E-state index contributed by atoms with van der Waals surface area (Å²) in [5, 5.41) is 0. The van der Waals surface area contributed by atoms with Crippen molar-refractivity contribution in [2.75, 3.05) is 0 Å². The van der Waals surface area contributed by atoms with Crippen molar-refractivity contribution in [3.05, 3.63) is 29.8 Å². The van der Waals surface area contributed by atoms with E-state index in [2.05, 4.69) is 4.74 Å². The molecule has 1 aliphatic carbocycles. The zero-order chi connectivity index (χ0) is 12.5. The second kappa shape index (κ2) is 5.80. The van der Waals surface area contributed by atoms with E-state index in [4.69, 9.17) is 5.73 Å². The van der Waals surface area contributed by atoms with Crippen LogP contribution in [0.5, 0.6) is 5.75 Å². The zero-order valence-electron chi connectivity index (χ0n) is 9.61. The number of hydrogen-bond donors (Lipinski definition) is 1. The second-order valence-corrected chi connectivity index (χ2v) is 4.37. The Hall–Kier alpha value is -0.940. The van der Waals surface area contributed by atoms with E-state index in [1.54, 1.807) is 12.1 Å². The van der Waals surface area contributed by atoms with Crippen molar-refractivity contribution in [1.82, 2.24) is 0 Å². The lowest BCUT2D eigenvalue weighted by molar-refractivity contribution is -0.275. The fourth-order valence-electron chi connectivity index (χ4n) is 1.84. The molecule has 1 saturated carbocycles. The van der Waals surface area contributed by atoms with Crippen molar-refractivity contribution in [3.63, 3.8) is 0 Å². The minimum atomic E-state index is -4.67. The fraction of sp³-hybridized carbons (Fsp3) is 0.500. The van der Waals surface area contributed by atoms with Crippen LogP contribution < -0.4 is 10.5 Å². The quantitative estimate of drug-likeness (QED) is 0.911. The molecule has 2 rings (SSSR count). The van der Waals surface area contributed by atoms with Crippen LogP contribution in [0.4, 0.5) is 13.2 Å². The Morgan fingerprint density at radius 1 is 1.28 bits per heavy atom. The van der Waals surface area contributed by atoms with Gasteiger partial charge in [0, 0.05) is 11.6 Å². The minimum Gasteiger partial charge on any atom is -0.405 e. The van der Waals surface area contributed by atoms with Crippen molar-refractivity contribution in [2.24, 2.45) is 11.7 Å². The van der Waals surface area contributed by atoms with Crippen molar-refractivity contribution in [3.8, 4) is 5.75 Å². The Morgan fingerprint density at radius 2 is 1.89 bits per heavy atom. The summed E-state index contributed by atoms with van der Waals surface area (Å²) in [6.07, 6.45) is -1.71. The summed E-state index contributed by atoms with van der Waals surface area (Å²) in [5.74, 6) is 0.372. The summed E-state index contributed by atoms with van der Waals surface area (Å²) in [7, 11) is 0. The van der Waals surface area contributed by atoms with Gasteiger partial charge in [-0.1, -0.05) is 31.0 Å². The van der Waals surface area contributed by atoms with Crippen LogP contribution >= 0.6 is 12.4 Å². The van der Waals surface area contributed by atoms with Gasteiger partial charge in [-0.25, -0.2) is 0 Å². The maximum atomic E-state index is 12.2. The minimum absolute atomic E-state index is 0.